The molecule has 3 rings (SSSR count). The van der Waals surface area contributed by atoms with E-state index in [1.54, 1.807) is 36.4 Å². The maximum Gasteiger partial charge on any atom is 0.261 e. The average Bonchev–Trinajstić information content (AvgIpc) is 2.64. The number of aromatic hydroxyl groups is 1. The average molecular weight is 267 g/mol. The third-order valence-electron chi connectivity index (χ3n) is 3.38. The van der Waals surface area contributed by atoms with Gasteiger partial charge in [-0.2, -0.15) is 0 Å². The molecule has 0 radical (unpaired) electrons. The number of rotatable bonds is 2. The van der Waals surface area contributed by atoms with E-state index in [9.17, 15) is 14.7 Å². The van der Waals surface area contributed by atoms with Crippen LogP contribution in [0.4, 0.5) is 0 Å². The minimum atomic E-state index is -0.284. The van der Waals surface area contributed by atoms with Crippen LogP contribution < -0.4 is 0 Å². The number of benzene rings is 2. The van der Waals surface area contributed by atoms with E-state index in [2.05, 4.69) is 0 Å². The van der Waals surface area contributed by atoms with E-state index in [0.717, 1.165) is 11.1 Å². The van der Waals surface area contributed by atoms with Crippen LogP contribution in [-0.2, 0) is 6.54 Å². The molecule has 0 spiro atoms. The Bertz CT molecular complexity index is 721. The number of phenols is 1. The summed E-state index contributed by atoms with van der Waals surface area (Å²) in [5, 5.41) is 9.44. The Kier molecular flexibility index (Phi) is 2.79. The summed E-state index contributed by atoms with van der Waals surface area (Å²) in [6.45, 7) is 2.05. The van der Waals surface area contributed by atoms with Crippen molar-refractivity contribution in [2.24, 2.45) is 0 Å². The fourth-order valence-corrected chi connectivity index (χ4v) is 2.39. The van der Waals surface area contributed by atoms with Gasteiger partial charge in [-0.25, -0.2) is 0 Å². The number of aryl methyl sites for hydroxylation is 1. The molecule has 0 fully saturated rings. The molecule has 0 bridgehead atoms. The van der Waals surface area contributed by atoms with Crippen molar-refractivity contribution in [1.29, 1.82) is 0 Å². The maximum atomic E-state index is 12.3. The van der Waals surface area contributed by atoms with E-state index >= 15 is 0 Å². The Morgan fingerprint density at radius 1 is 1.00 bits per heavy atom. The lowest BCUT2D eigenvalue weighted by molar-refractivity contribution is 0.0642. The van der Waals surface area contributed by atoms with Crippen LogP contribution in [0.3, 0.4) is 0 Å². The van der Waals surface area contributed by atoms with Gasteiger partial charge in [0.1, 0.15) is 5.75 Å². The van der Waals surface area contributed by atoms with Gasteiger partial charge >= 0.3 is 0 Å². The zero-order chi connectivity index (χ0) is 14.3. The second-order valence-electron chi connectivity index (χ2n) is 4.92. The molecule has 4 heteroatoms. The molecule has 0 saturated carbocycles. The second-order valence-corrected chi connectivity index (χ2v) is 4.92. The smallest absolute Gasteiger partial charge is 0.261 e. The van der Waals surface area contributed by atoms with Crippen LogP contribution in [0.25, 0.3) is 0 Å². The number of fused-ring (bicyclic) bond motifs is 1. The number of hydrogen-bond donors (Lipinski definition) is 1. The molecule has 4 nitrogen and oxygen atoms in total. The van der Waals surface area contributed by atoms with Crippen molar-refractivity contribution >= 4 is 11.8 Å². The summed E-state index contributed by atoms with van der Waals surface area (Å²) >= 11 is 0. The summed E-state index contributed by atoms with van der Waals surface area (Å²) in [5.41, 5.74) is 2.57. The van der Waals surface area contributed by atoms with E-state index in [0.29, 0.717) is 11.1 Å². The van der Waals surface area contributed by atoms with Gasteiger partial charge in [-0.3, -0.25) is 14.5 Å². The zero-order valence-electron chi connectivity index (χ0n) is 11.0. The molecule has 20 heavy (non-hydrogen) atoms. The SMILES string of the molecule is Cc1ccc2c(c1)C(=O)N(Cc1cccc(O)c1)C2=O. The summed E-state index contributed by atoms with van der Waals surface area (Å²) in [6.07, 6.45) is 0. The summed E-state index contributed by atoms with van der Waals surface area (Å²) in [4.78, 5) is 25.7. The Morgan fingerprint density at radius 2 is 1.75 bits per heavy atom. The van der Waals surface area contributed by atoms with Crippen LogP contribution in [0, 0.1) is 6.92 Å². The summed E-state index contributed by atoms with van der Waals surface area (Å²) in [7, 11) is 0. The van der Waals surface area contributed by atoms with E-state index in [1.165, 1.54) is 4.90 Å². The number of nitrogens with zero attached hydrogens (tertiary/aromatic N) is 1. The molecule has 2 aromatic rings. The number of amides is 2. The number of imide groups is 1. The summed E-state index contributed by atoms with van der Waals surface area (Å²) in [5.74, 6) is -0.444. The zero-order valence-corrected chi connectivity index (χ0v) is 11.0. The van der Waals surface area contributed by atoms with Crippen molar-refractivity contribution in [3.63, 3.8) is 0 Å². The molecule has 0 aromatic heterocycles. The van der Waals surface area contributed by atoms with Crippen LogP contribution in [0.1, 0.15) is 31.8 Å². The molecule has 0 unspecified atom stereocenters. The van der Waals surface area contributed by atoms with Gasteiger partial charge in [0.05, 0.1) is 17.7 Å². The molecule has 2 aromatic carbocycles. The van der Waals surface area contributed by atoms with Crippen molar-refractivity contribution in [2.45, 2.75) is 13.5 Å². The van der Waals surface area contributed by atoms with Gasteiger partial charge in [0, 0.05) is 0 Å². The van der Waals surface area contributed by atoms with Crippen LogP contribution in [0.2, 0.25) is 0 Å². The number of carbonyl (C=O) groups excluding carboxylic acids is 2. The third-order valence-corrected chi connectivity index (χ3v) is 3.38. The standard InChI is InChI=1S/C16H13NO3/c1-10-5-6-13-14(7-10)16(20)17(15(13)19)9-11-3-2-4-12(18)8-11/h2-8,18H,9H2,1H3. The highest BCUT2D eigenvalue weighted by molar-refractivity contribution is 6.21. The van der Waals surface area contributed by atoms with Gasteiger partial charge in [0.2, 0.25) is 0 Å². The first-order chi connectivity index (χ1) is 9.56. The van der Waals surface area contributed by atoms with Crippen LogP contribution in [0.5, 0.6) is 5.75 Å². The van der Waals surface area contributed by atoms with Crippen LogP contribution >= 0.6 is 0 Å². The lowest BCUT2D eigenvalue weighted by atomic mass is 10.1. The molecule has 2 amide bonds. The quantitative estimate of drug-likeness (QED) is 0.850. The highest BCUT2D eigenvalue weighted by atomic mass is 16.3. The Balaban J connectivity index is 1.94. The minimum absolute atomic E-state index is 0.120. The van der Waals surface area contributed by atoms with E-state index < -0.39 is 0 Å². The van der Waals surface area contributed by atoms with E-state index in [-0.39, 0.29) is 24.1 Å². The summed E-state index contributed by atoms with van der Waals surface area (Å²) < 4.78 is 0. The van der Waals surface area contributed by atoms with Crippen molar-refractivity contribution in [3.8, 4) is 5.75 Å². The van der Waals surface area contributed by atoms with E-state index in [4.69, 9.17) is 0 Å². The molecule has 0 saturated heterocycles. The lowest BCUT2D eigenvalue weighted by Crippen LogP contribution is -2.29. The number of phenolic OH excluding ortho intramolecular Hbond substituents is 1. The fourth-order valence-electron chi connectivity index (χ4n) is 2.39. The first-order valence-electron chi connectivity index (χ1n) is 6.31. The Hall–Kier alpha value is -2.62. The van der Waals surface area contributed by atoms with Crippen LogP contribution in [-0.4, -0.2) is 21.8 Å². The topological polar surface area (TPSA) is 57.6 Å². The van der Waals surface area contributed by atoms with Crippen molar-refractivity contribution in [2.75, 3.05) is 0 Å². The number of carbonyl (C=O) groups is 2. The van der Waals surface area contributed by atoms with Gasteiger partial charge in [-0.05, 0) is 36.8 Å². The second kappa shape index (κ2) is 4.49. The fraction of sp³-hybridized carbons (Fsp3) is 0.125. The first-order valence-corrected chi connectivity index (χ1v) is 6.31. The van der Waals surface area contributed by atoms with Crippen LogP contribution in [0.15, 0.2) is 42.5 Å². The monoisotopic (exact) mass is 267 g/mol. The molecule has 1 heterocycles. The molecule has 0 aliphatic carbocycles. The normalized spacial score (nSPS) is 13.8. The lowest BCUT2D eigenvalue weighted by Gasteiger charge is -2.13. The van der Waals surface area contributed by atoms with Gasteiger partial charge in [-0.15, -0.1) is 0 Å². The van der Waals surface area contributed by atoms with Crippen molar-refractivity contribution in [3.05, 3.63) is 64.7 Å². The van der Waals surface area contributed by atoms with Crippen molar-refractivity contribution < 1.29 is 14.7 Å². The molecule has 100 valence electrons. The molecule has 1 N–H and O–H groups in total. The highest BCUT2D eigenvalue weighted by Crippen LogP contribution is 2.26. The van der Waals surface area contributed by atoms with Gasteiger partial charge < -0.3 is 5.11 Å². The molecule has 1 aliphatic heterocycles. The minimum Gasteiger partial charge on any atom is -0.508 e. The number of hydrogen-bond acceptors (Lipinski definition) is 3. The predicted molar refractivity (Wildman–Crippen MR) is 73.5 cm³/mol. The molecular formula is C16H13NO3. The van der Waals surface area contributed by atoms with E-state index in [1.807, 2.05) is 13.0 Å². The molecule has 1 aliphatic rings. The predicted octanol–water partition coefficient (Wildman–Crippen LogP) is 2.50. The van der Waals surface area contributed by atoms with Gasteiger partial charge in [0.25, 0.3) is 11.8 Å². The Labute approximate surface area is 116 Å². The Morgan fingerprint density at radius 3 is 2.50 bits per heavy atom. The first kappa shape index (κ1) is 12.4. The van der Waals surface area contributed by atoms with Crippen molar-refractivity contribution in [1.82, 2.24) is 4.90 Å². The largest absolute Gasteiger partial charge is 0.508 e. The highest BCUT2D eigenvalue weighted by Gasteiger charge is 2.35. The third kappa shape index (κ3) is 1.95. The molecule has 0 atom stereocenters. The van der Waals surface area contributed by atoms with Gasteiger partial charge in [-0.1, -0.05) is 23.8 Å². The summed E-state index contributed by atoms with van der Waals surface area (Å²) in [6, 6.07) is 11.8. The maximum absolute atomic E-state index is 12.3. The molecular weight excluding hydrogens is 254 g/mol. The van der Waals surface area contributed by atoms with Gasteiger partial charge in [0.15, 0.2) is 0 Å².